The smallest absolute Gasteiger partial charge is 0.410 e. The lowest BCUT2D eigenvalue weighted by Gasteiger charge is -2.28. The van der Waals surface area contributed by atoms with Crippen molar-refractivity contribution in [3.05, 3.63) is 35.9 Å². The molecule has 3 aliphatic rings. The van der Waals surface area contributed by atoms with Crippen LogP contribution in [0.1, 0.15) is 18.4 Å². The van der Waals surface area contributed by atoms with Crippen molar-refractivity contribution in [1.82, 2.24) is 4.90 Å². The summed E-state index contributed by atoms with van der Waals surface area (Å²) in [6.07, 6.45) is 1.54. The van der Waals surface area contributed by atoms with Gasteiger partial charge in [-0.25, -0.2) is 4.79 Å². The summed E-state index contributed by atoms with van der Waals surface area (Å²) in [4.78, 5) is 14.0. The van der Waals surface area contributed by atoms with Crippen molar-refractivity contribution in [3.63, 3.8) is 0 Å². The third kappa shape index (κ3) is 1.74. The molecule has 1 aromatic rings. The fourth-order valence-electron chi connectivity index (χ4n) is 4.43. The molecule has 0 radical (unpaired) electrons. The minimum Gasteiger partial charge on any atom is -0.445 e. The first-order valence-corrected chi connectivity index (χ1v) is 7.39. The first-order chi connectivity index (χ1) is 9.74. The van der Waals surface area contributed by atoms with Crippen LogP contribution in [0.3, 0.4) is 0 Å². The number of carbonyl (C=O) groups is 1. The summed E-state index contributed by atoms with van der Waals surface area (Å²) >= 11 is 0. The van der Waals surface area contributed by atoms with E-state index in [1.165, 1.54) is 0 Å². The van der Waals surface area contributed by atoms with E-state index in [4.69, 9.17) is 4.74 Å². The molecule has 1 heterocycles. The number of carbonyl (C=O) groups excluding carboxylic acids is 1. The van der Waals surface area contributed by atoms with E-state index in [0.717, 1.165) is 24.9 Å². The minimum atomic E-state index is -0.344. The van der Waals surface area contributed by atoms with E-state index in [1.807, 2.05) is 30.3 Å². The lowest BCUT2D eigenvalue weighted by atomic mass is 9.88. The number of hydrogen-bond acceptors (Lipinski definition) is 3. The fraction of sp³-hybridized carbons (Fsp3) is 0.562. The van der Waals surface area contributed by atoms with E-state index in [-0.39, 0.29) is 18.2 Å². The molecule has 20 heavy (non-hydrogen) atoms. The largest absolute Gasteiger partial charge is 0.445 e. The van der Waals surface area contributed by atoms with Crippen molar-refractivity contribution in [2.45, 2.75) is 31.6 Å². The van der Waals surface area contributed by atoms with Crippen LogP contribution in [0.2, 0.25) is 0 Å². The molecule has 2 saturated carbocycles. The van der Waals surface area contributed by atoms with Crippen molar-refractivity contribution >= 4 is 6.09 Å². The molecule has 1 N–H and O–H groups in total. The molecule has 1 aliphatic heterocycles. The summed E-state index contributed by atoms with van der Waals surface area (Å²) in [5.41, 5.74) is 0.993. The van der Waals surface area contributed by atoms with E-state index >= 15 is 0 Å². The van der Waals surface area contributed by atoms with Gasteiger partial charge in [-0.2, -0.15) is 0 Å². The Hall–Kier alpha value is -1.55. The summed E-state index contributed by atoms with van der Waals surface area (Å²) in [5, 5.41) is 10.3. The molecule has 0 aromatic heterocycles. The molecular weight excluding hydrogens is 254 g/mol. The maximum absolute atomic E-state index is 12.3. The van der Waals surface area contributed by atoms with Gasteiger partial charge in [-0.05, 0) is 36.2 Å². The molecule has 5 atom stereocenters. The highest BCUT2D eigenvalue weighted by molar-refractivity contribution is 5.69. The van der Waals surface area contributed by atoms with Crippen molar-refractivity contribution in [1.29, 1.82) is 0 Å². The van der Waals surface area contributed by atoms with Crippen LogP contribution >= 0.6 is 0 Å². The summed E-state index contributed by atoms with van der Waals surface area (Å²) in [6, 6.07) is 9.71. The highest BCUT2D eigenvalue weighted by Gasteiger charge is 2.60. The lowest BCUT2D eigenvalue weighted by molar-refractivity contribution is 0.0374. The van der Waals surface area contributed by atoms with Gasteiger partial charge in [-0.3, -0.25) is 0 Å². The van der Waals surface area contributed by atoms with E-state index < -0.39 is 0 Å². The zero-order valence-electron chi connectivity index (χ0n) is 11.3. The molecule has 3 fully saturated rings. The van der Waals surface area contributed by atoms with Gasteiger partial charge in [-0.1, -0.05) is 30.3 Å². The third-order valence-corrected chi connectivity index (χ3v) is 5.29. The number of aliphatic hydroxyl groups is 1. The second kappa shape index (κ2) is 4.48. The van der Waals surface area contributed by atoms with Crippen LogP contribution in [0.15, 0.2) is 30.3 Å². The van der Waals surface area contributed by atoms with Crippen molar-refractivity contribution in [3.8, 4) is 0 Å². The zero-order valence-corrected chi connectivity index (χ0v) is 11.3. The first-order valence-electron chi connectivity index (χ1n) is 7.39. The zero-order chi connectivity index (χ0) is 13.7. The average molecular weight is 273 g/mol. The summed E-state index contributed by atoms with van der Waals surface area (Å²) < 4.78 is 5.41. The number of aliphatic hydroxyl groups excluding tert-OH is 1. The van der Waals surface area contributed by atoms with Gasteiger partial charge in [-0.15, -0.1) is 0 Å². The minimum absolute atomic E-state index is 0.00187. The molecule has 4 heteroatoms. The van der Waals surface area contributed by atoms with Gasteiger partial charge in [0, 0.05) is 6.54 Å². The van der Waals surface area contributed by atoms with Gasteiger partial charge in [0.25, 0.3) is 0 Å². The Morgan fingerprint density at radius 1 is 1.25 bits per heavy atom. The number of benzene rings is 1. The van der Waals surface area contributed by atoms with E-state index in [0.29, 0.717) is 24.4 Å². The van der Waals surface area contributed by atoms with Crippen LogP contribution in [0.4, 0.5) is 4.79 Å². The normalized spacial score (nSPS) is 37.5. The molecule has 4 nitrogen and oxygen atoms in total. The van der Waals surface area contributed by atoms with Gasteiger partial charge in [0.2, 0.25) is 0 Å². The molecule has 0 spiro atoms. The Bertz CT molecular complexity index is 516. The SMILES string of the molecule is O=C(OCc1ccccc1)N1CC2CC3CC2C1C3O. The number of fused-ring (bicyclic) bond motifs is 1. The summed E-state index contributed by atoms with van der Waals surface area (Å²) in [5.74, 6) is 1.49. The van der Waals surface area contributed by atoms with E-state index in [2.05, 4.69) is 0 Å². The topological polar surface area (TPSA) is 49.8 Å². The number of amides is 1. The number of ether oxygens (including phenoxy) is 1. The van der Waals surface area contributed by atoms with Crippen LogP contribution in [-0.2, 0) is 11.3 Å². The van der Waals surface area contributed by atoms with Crippen LogP contribution in [0.25, 0.3) is 0 Å². The van der Waals surface area contributed by atoms with Crippen molar-refractivity contribution in [2.24, 2.45) is 17.8 Å². The van der Waals surface area contributed by atoms with Crippen LogP contribution in [-0.4, -0.2) is 34.8 Å². The Kier molecular flexibility index (Phi) is 2.74. The van der Waals surface area contributed by atoms with Crippen LogP contribution in [0, 0.1) is 17.8 Å². The molecule has 1 amide bonds. The fourth-order valence-corrected chi connectivity index (χ4v) is 4.43. The number of likely N-dealkylation sites (tertiary alicyclic amines) is 1. The molecular formula is C16H19NO3. The Labute approximate surface area is 118 Å². The van der Waals surface area contributed by atoms with Crippen LogP contribution in [0.5, 0.6) is 0 Å². The second-order valence-electron chi connectivity index (χ2n) is 6.33. The predicted octanol–water partition coefficient (Wildman–Crippen LogP) is 2.02. The van der Waals surface area contributed by atoms with Gasteiger partial charge in [0.15, 0.2) is 0 Å². The highest BCUT2D eigenvalue weighted by atomic mass is 16.6. The van der Waals surface area contributed by atoms with Gasteiger partial charge < -0.3 is 14.7 Å². The first kappa shape index (κ1) is 12.2. The molecule has 2 bridgehead atoms. The molecule has 1 saturated heterocycles. The van der Waals surface area contributed by atoms with Gasteiger partial charge in [0.1, 0.15) is 6.61 Å². The summed E-state index contributed by atoms with van der Waals surface area (Å²) in [7, 11) is 0. The Morgan fingerprint density at radius 3 is 2.80 bits per heavy atom. The third-order valence-electron chi connectivity index (χ3n) is 5.29. The quantitative estimate of drug-likeness (QED) is 0.897. The standard InChI is InChI=1S/C16H19NO3/c18-15-11-6-12-8-17(14(15)13(12)7-11)16(19)20-9-10-4-2-1-3-5-10/h1-5,11-15,18H,6-9H2. The lowest BCUT2D eigenvalue weighted by Crippen LogP contribution is -2.43. The van der Waals surface area contributed by atoms with E-state index in [1.54, 1.807) is 4.90 Å². The predicted molar refractivity (Wildman–Crippen MR) is 72.8 cm³/mol. The van der Waals surface area contributed by atoms with Gasteiger partial charge >= 0.3 is 6.09 Å². The molecule has 2 aliphatic carbocycles. The van der Waals surface area contributed by atoms with Crippen molar-refractivity contribution in [2.75, 3.05) is 6.54 Å². The Morgan fingerprint density at radius 2 is 2.05 bits per heavy atom. The van der Waals surface area contributed by atoms with Gasteiger partial charge in [0.05, 0.1) is 12.1 Å². The maximum atomic E-state index is 12.3. The molecule has 4 rings (SSSR count). The van der Waals surface area contributed by atoms with E-state index in [9.17, 15) is 9.90 Å². The monoisotopic (exact) mass is 273 g/mol. The molecule has 1 aromatic carbocycles. The Balaban J connectivity index is 1.42. The number of hydrogen-bond donors (Lipinski definition) is 1. The molecule has 5 unspecified atom stereocenters. The maximum Gasteiger partial charge on any atom is 0.410 e. The summed E-state index contributed by atoms with van der Waals surface area (Å²) in [6.45, 7) is 1.06. The number of nitrogens with zero attached hydrogens (tertiary/aromatic N) is 1. The average Bonchev–Trinajstić information content (AvgIpc) is 3.07. The number of rotatable bonds is 2. The van der Waals surface area contributed by atoms with Crippen molar-refractivity contribution < 1.29 is 14.6 Å². The van der Waals surface area contributed by atoms with Crippen LogP contribution < -0.4 is 0 Å². The second-order valence-corrected chi connectivity index (χ2v) is 6.33. The highest BCUT2D eigenvalue weighted by Crippen LogP contribution is 2.54. The molecule has 106 valence electrons.